The number of hydrogen-bond acceptors (Lipinski definition) is 20. The average Bonchev–Trinajstić information content (AvgIpc) is 3.19. The van der Waals surface area contributed by atoms with Gasteiger partial charge in [0.25, 0.3) is 0 Å². The second-order valence-corrected chi connectivity index (χ2v) is 12.5. The molecule has 0 bridgehead atoms. The number of aliphatic hydroxyl groups excluding tert-OH is 1. The lowest BCUT2D eigenvalue weighted by Crippen LogP contribution is -2.62. The quantitative estimate of drug-likeness (QED) is 0.0575. The van der Waals surface area contributed by atoms with E-state index in [-0.39, 0.29) is 11.1 Å². The fourth-order valence-corrected chi connectivity index (χ4v) is 5.89. The minimum absolute atomic E-state index is 0.172. The fraction of sp³-hybridized carbons (Fsp3) is 0.158. The zero-order valence-electron chi connectivity index (χ0n) is 29.1. The number of aliphatic hydroxyl groups is 1. The van der Waals surface area contributed by atoms with Crippen LogP contribution < -0.4 is 0 Å². The smallest absolute Gasteiger partial charge is 0.339 e. The van der Waals surface area contributed by atoms with Gasteiger partial charge in [-0.2, -0.15) is 0 Å². The highest BCUT2D eigenvalue weighted by atomic mass is 16.7. The highest BCUT2D eigenvalue weighted by molar-refractivity contribution is 6.08. The molecule has 58 heavy (non-hydrogen) atoms. The van der Waals surface area contributed by atoms with E-state index in [0.717, 1.165) is 48.6 Å². The average molecular weight is 807 g/mol. The van der Waals surface area contributed by atoms with Crippen LogP contribution in [0.5, 0.6) is 57.5 Å². The summed E-state index contributed by atoms with van der Waals surface area (Å²) in [5.41, 5.74) is -3.22. The predicted molar refractivity (Wildman–Crippen MR) is 190 cm³/mol. The lowest BCUT2D eigenvalue weighted by molar-refractivity contribution is -0.292. The summed E-state index contributed by atoms with van der Waals surface area (Å²) in [6, 6.07) is 8.14. The third-order valence-electron chi connectivity index (χ3n) is 8.74. The van der Waals surface area contributed by atoms with E-state index in [9.17, 15) is 75.3 Å². The van der Waals surface area contributed by atoms with Crippen molar-refractivity contribution in [2.24, 2.45) is 0 Å². The number of carbonyl (C=O) groups excluding carboxylic acids is 4. The van der Waals surface area contributed by atoms with E-state index in [0.29, 0.717) is 12.1 Å². The normalized spacial score (nSPS) is 20.5. The first-order valence-electron chi connectivity index (χ1n) is 16.5. The topological polar surface area (TPSA) is 337 Å². The van der Waals surface area contributed by atoms with Crippen LogP contribution in [0.2, 0.25) is 0 Å². The van der Waals surface area contributed by atoms with E-state index in [1.165, 1.54) is 12.1 Å². The van der Waals surface area contributed by atoms with Crippen molar-refractivity contribution in [3.8, 4) is 68.6 Å². The number of phenolic OH excluding ortho intramolecular Hbond substituents is 10. The Kier molecular flexibility index (Phi) is 10.8. The highest BCUT2D eigenvalue weighted by Crippen LogP contribution is 2.53. The number of cyclic esters (lactones) is 1. The van der Waals surface area contributed by atoms with E-state index in [1.807, 2.05) is 0 Å². The lowest BCUT2D eigenvalue weighted by Gasteiger charge is -2.42. The maximum absolute atomic E-state index is 14.0. The molecule has 4 aromatic rings. The minimum Gasteiger partial charge on any atom is -0.504 e. The van der Waals surface area contributed by atoms with Gasteiger partial charge in [0.1, 0.15) is 12.7 Å². The molecular weight excluding hydrogens is 776 g/mol. The molecule has 20 nitrogen and oxygen atoms in total. The molecule has 302 valence electrons. The number of fused-ring (bicyclic) bond motifs is 4. The summed E-state index contributed by atoms with van der Waals surface area (Å²) >= 11 is 0. The van der Waals surface area contributed by atoms with Crippen LogP contribution >= 0.6 is 0 Å². The molecule has 0 saturated carbocycles. The zero-order valence-corrected chi connectivity index (χ0v) is 29.1. The van der Waals surface area contributed by atoms with Crippen molar-refractivity contribution >= 4 is 36.0 Å². The van der Waals surface area contributed by atoms with Crippen molar-refractivity contribution in [2.75, 3.05) is 6.61 Å². The van der Waals surface area contributed by atoms with Crippen molar-refractivity contribution in [3.05, 3.63) is 82.9 Å². The van der Waals surface area contributed by atoms with Crippen LogP contribution in [0.4, 0.5) is 0 Å². The molecule has 6 rings (SSSR count). The molecule has 0 aromatic heterocycles. The first-order valence-corrected chi connectivity index (χ1v) is 16.5. The van der Waals surface area contributed by atoms with Crippen LogP contribution in [0.15, 0.2) is 60.7 Å². The second-order valence-electron chi connectivity index (χ2n) is 12.5. The molecule has 4 aromatic carbocycles. The van der Waals surface area contributed by atoms with Gasteiger partial charge in [-0.15, -0.1) is 0 Å². The Morgan fingerprint density at radius 2 is 1.09 bits per heavy atom. The number of ether oxygens (including phenoxy) is 5. The molecule has 5 atom stereocenters. The number of hydrogen-bond donors (Lipinski definition) is 11. The number of carbonyl (C=O) groups is 4. The van der Waals surface area contributed by atoms with E-state index < -0.39 is 141 Å². The van der Waals surface area contributed by atoms with E-state index in [1.54, 1.807) is 0 Å². The molecule has 0 radical (unpaired) electrons. The van der Waals surface area contributed by atoms with Crippen molar-refractivity contribution in [2.45, 2.75) is 30.7 Å². The summed E-state index contributed by atoms with van der Waals surface area (Å²) < 4.78 is 27.4. The largest absolute Gasteiger partial charge is 0.504 e. The molecule has 1 saturated heterocycles. The standard InChI is InChI=1S/C38H30O20/c39-18-5-1-14(9-20(18)41)3-7-25(45)56-35-33(51)38(57-26(46)8-4-15-2-6-19(40)21(42)10-15)55-24-13-54-36(52)16-11-22(43)29(47)31(49)27(16)28-17(37(53)58-34(24)35)12-23(44)30(48)32(28)50/h1-12,24,33-35,38-44,47-51H,13H2. The third-order valence-corrected chi connectivity index (χ3v) is 8.74. The summed E-state index contributed by atoms with van der Waals surface area (Å²) in [7, 11) is 0. The van der Waals surface area contributed by atoms with Gasteiger partial charge in [-0.1, -0.05) is 12.1 Å². The number of esters is 4. The van der Waals surface area contributed by atoms with Gasteiger partial charge in [0, 0.05) is 23.3 Å². The predicted octanol–water partition coefficient (Wildman–Crippen LogP) is 2.07. The maximum Gasteiger partial charge on any atom is 0.339 e. The Hall–Kier alpha value is -7.84. The highest BCUT2D eigenvalue weighted by Gasteiger charge is 2.52. The van der Waals surface area contributed by atoms with Gasteiger partial charge < -0.3 is 79.9 Å². The van der Waals surface area contributed by atoms with Gasteiger partial charge in [0.15, 0.2) is 64.3 Å². The number of benzene rings is 4. The molecule has 0 spiro atoms. The number of phenols is 10. The van der Waals surface area contributed by atoms with E-state index in [4.69, 9.17) is 23.7 Å². The summed E-state index contributed by atoms with van der Waals surface area (Å²) in [5.74, 6) is -14.9. The fourth-order valence-electron chi connectivity index (χ4n) is 5.89. The summed E-state index contributed by atoms with van der Waals surface area (Å²) in [5, 5.41) is 113. The van der Waals surface area contributed by atoms with Gasteiger partial charge in [-0.05, 0) is 59.7 Å². The van der Waals surface area contributed by atoms with Crippen LogP contribution in [-0.2, 0) is 33.3 Å². The molecule has 11 N–H and O–H groups in total. The SMILES string of the molecule is O=C(C=Cc1ccc(O)c(O)c1)OC1OC2COC(=O)c3cc(O)c(O)c(O)c3-c3c(cc(O)c(O)c3O)C(=O)OC2C(OC(=O)C=Cc2ccc(O)c(O)c2)C1O. The first kappa shape index (κ1) is 39.8. The third kappa shape index (κ3) is 7.80. The molecule has 2 heterocycles. The molecule has 0 aliphatic carbocycles. The monoisotopic (exact) mass is 806 g/mol. The van der Waals surface area contributed by atoms with Crippen LogP contribution in [0, 0.1) is 0 Å². The molecule has 1 fully saturated rings. The number of rotatable bonds is 6. The molecule has 0 amide bonds. The van der Waals surface area contributed by atoms with Crippen molar-refractivity contribution in [3.63, 3.8) is 0 Å². The second kappa shape index (κ2) is 15.7. The van der Waals surface area contributed by atoms with Crippen molar-refractivity contribution < 1.29 is 99.0 Å². The first-order chi connectivity index (χ1) is 27.4. The van der Waals surface area contributed by atoms with Gasteiger partial charge in [-0.3, -0.25) is 0 Å². The zero-order chi connectivity index (χ0) is 42.2. The van der Waals surface area contributed by atoms with Gasteiger partial charge >= 0.3 is 23.9 Å². The molecule has 20 heteroatoms. The molecule has 2 aliphatic heterocycles. The summed E-state index contributed by atoms with van der Waals surface area (Å²) in [4.78, 5) is 53.7. The lowest BCUT2D eigenvalue weighted by atomic mass is 9.92. The summed E-state index contributed by atoms with van der Waals surface area (Å²) in [6.07, 6.45) is -6.41. The van der Waals surface area contributed by atoms with E-state index in [2.05, 4.69) is 0 Å². The Bertz CT molecular complexity index is 2400. The number of aromatic hydroxyl groups is 10. The van der Waals surface area contributed by atoms with Crippen LogP contribution in [0.25, 0.3) is 23.3 Å². The Balaban J connectivity index is 1.41. The molecular formula is C38H30O20. The maximum atomic E-state index is 14.0. The van der Waals surface area contributed by atoms with Gasteiger partial charge in [-0.25, -0.2) is 19.2 Å². The van der Waals surface area contributed by atoms with Crippen LogP contribution in [-0.4, -0.2) is 117 Å². The van der Waals surface area contributed by atoms with Crippen LogP contribution in [0.1, 0.15) is 31.8 Å². The van der Waals surface area contributed by atoms with Crippen molar-refractivity contribution in [1.82, 2.24) is 0 Å². The Morgan fingerprint density at radius 3 is 1.59 bits per heavy atom. The molecule has 2 aliphatic rings. The summed E-state index contributed by atoms with van der Waals surface area (Å²) in [6.45, 7) is -1.00. The van der Waals surface area contributed by atoms with E-state index >= 15 is 0 Å². The van der Waals surface area contributed by atoms with Crippen LogP contribution in [0.3, 0.4) is 0 Å². The van der Waals surface area contributed by atoms with Gasteiger partial charge in [0.05, 0.1) is 11.1 Å². The van der Waals surface area contributed by atoms with Crippen molar-refractivity contribution in [1.29, 1.82) is 0 Å². The Morgan fingerprint density at radius 1 is 0.603 bits per heavy atom. The minimum atomic E-state index is -2.23. The van der Waals surface area contributed by atoms with Gasteiger partial charge in [0.2, 0.25) is 17.8 Å². The Labute approximate surface area is 323 Å². The molecule has 5 unspecified atom stereocenters.